The van der Waals surface area contributed by atoms with E-state index in [-0.39, 0.29) is 23.1 Å². The molecule has 0 unspecified atom stereocenters. The number of rotatable bonds is 2. The molecule has 0 saturated carbocycles. The van der Waals surface area contributed by atoms with Gasteiger partial charge in [0, 0.05) is 42.7 Å². The highest BCUT2D eigenvalue weighted by Crippen LogP contribution is 2.66. The van der Waals surface area contributed by atoms with Crippen molar-refractivity contribution in [3.8, 4) is 33.4 Å². The number of fused-ring (bicyclic) bond motifs is 20. The standard InChI is InChI=1S/C69H55BN2S2/c1-66(2,3)41-32-33-56(46(36-41)40-20-9-8-10-21-40)71-63-60-47(37-48-44-24-13-18-31-58(44)73-64(48)63)45-25-19-29-53-62(45)72(70(60)61-49-38-54-55(39-59(49)74-65(61)71)68(6,7)35-34-67(54,4)5)57-30-17-16-28-52(57)69(53)50-26-14-11-22-42(50)43-23-12-15-27-51(43)69/h8-33,36-39H,34-35H2,1-7H3. The SMILES string of the molecule is CC(C)(C)c1ccc(N2c3sc4cc5c(cc4c3B3c4c(cc6c(sc7ccccc76)c42)-c2cccc4c2N3c2ccccc2C42c3ccccc3-c3ccccc32)C(C)(C)CCC5(C)C)c(-c2ccccc2)c1. The summed E-state index contributed by atoms with van der Waals surface area (Å²) < 4.78 is 4.04. The summed E-state index contributed by atoms with van der Waals surface area (Å²) in [6.45, 7) is 16.9. The minimum atomic E-state index is -0.514. The molecule has 2 aromatic heterocycles. The molecule has 0 bridgehead atoms. The van der Waals surface area contributed by atoms with Crippen molar-refractivity contribution in [3.63, 3.8) is 0 Å². The van der Waals surface area contributed by atoms with Crippen LogP contribution >= 0.6 is 22.7 Å². The number of para-hydroxylation sites is 2. The van der Waals surface area contributed by atoms with E-state index in [4.69, 9.17) is 0 Å². The van der Waals surface area contributed by atoms with Crippen LogP contribution in [-0.4, -0.2) is 6.85 Å². The van der Waals surface area contributed by atoms with E-state index in [0.29, 0.717) is 0 Å². The van der Waals surface area contributed by atoms with Crippen molar-refractivity contribution < 1.29 is 0 Å². The summed E-state index contributed by atoms with van der Waals surface area (Å²) in [6, 6.07) is 71.0. The van der Waals surface area contributed by atoms with Crippen molar-refractivity contribution in [1.29, 1.82) is 0 Å². The number of anilines is 5. The smallest absolute Gasteiger partial charge is 0.334 e. The first-order valence-corrected chi connectivity index (χ1v) is 28.3. The first kappa shape index (κ1) is 43.2. The summed E-state index contributed by atoms with van der Waals surface area (Å²) in [7, 11) is 0. The van der Waals surface area contributed by atoms with E-state index < -0.39 is 5.41 Å². The van der Waals surface area contributed by atoms with E-state index in [1.54, 1.807) is 0 Å². The van der Waals surface area contributed by atoms with Crippen LogP contribution in [0.15, 0.2) is 182 Å². The van der Waals surface area contributed by atoms with Gasteiger partial charge in [0.25, 0.3) is 0 Å². The Morgan fingerprint density at radius 1 is 0.446 bits per heavy atom. The van der Waals surface area contributed by atoms with Gasteiger partial charge in [-0.25, -0.2) is 0 Å². The quantitative estimate of drug-likeness (QED) is 0.159. The molecular formula is C69H55BN2S2. The van der Waals surface area contributed by atoms with Crippen molar-refractivity contribution in [2.75, 3.05) is 9.71 Å². The molecule has 2 nitrogen and oxygen atoms in total. The molecule has 0 atom stereocenters. The van der Waals surface area contributed by atoms with E-state index >= 15 is 0 Å². The second kappa shape index (κ2) is 14.6. The summed E-state index contributed by atoms with van der Waals surface area (Å²) in [6.07, 6.45) is 2.34. The zero-order valence-corrected chi connectivity index (χ0v) is 44.7. The van der Waals surface area contributed by atoms with E-state index in [1.165, 1.54) is 154 Å². The molecule has 5 heterocycles. The van der Waals surface area contributed by atoms with Gasteiger partial charge in [-0.05, 0) is 149 Å². The molecule has 0 fully saturated rings. The number of thiophene rings is 2. The molecule has 11 aromatic rings. The zero-order chi connectivity index (χ0) is 49.8. The lowest BCUT2D eigenvalue weighted by molar-refractivity contribution is 0.332. The number of benzene rings is 9. The lowest BCUT2D eigenvalue weighted by Crippen LogP contribution is -2.63. The fourth-order valence-corrected chi connectivity index (χ4v) is 17.1. The Kier molecular flexibility index (Phi) is 8.51. The first-order valence-electron chi connectivity index (χ1n) is 26.7. The summed E-state index contributed by atoms with van der Waals surface area (Å²) in [5.41, 5.74) is 25.1. The largest absolute Gasteiger partial charge is 0.376 e. The maximum Gasteiger partial charge on any atom is 0.334 e. The molecule has 0 N–H and O–H groups in total. The summed E-state index contributed by atoms with van der Waals surface area (Å²) >= 11 is 3.99. The Morgan fingerprint density at radius 2 is 1.08 bits per heavy atom. The Hall–Kier alpha value is -7.18. The van der Waals surface area contributed by atoms with Gasteiger partial charge in [0.2, 0.25) is 0 Å². The summed E-state index contributed by atoms with van der Waals surface area (Å²) in [4.78, 5) is 5.62. The Labute approximate surface area is 442 Å². The third-order valence-electron chi connectivity index (χ3n) is 18.3. The predicted octanol–water partition coefficient (Wildman–Crippen LogP) is 18.0. The molecular weight excluding hydrogens is 932 g/mol. The maximum absolute atomic E-state index is 2.84. The van der Waals surface area contributed by atoms with Gasteiger partial charge in [0.1, 0.15) is 0 Å². The molecule has 0 radical (unpaired) electrons. The van der Waals surface area contributed by atoms with Crippen LogP contribution < -0.4 is 20.6 Å². The minimum Gasteiger partial charge on any atom is -0.376 e. The van der Waals surface area contributed by atoms with Crippen LogP contribution in [0.5, 0.6) is 0 Å². The molecule has 1 spiro atoms. The normalized spacial score (nSPS) is 16.7. The Morgan fingerprint density at radius 3 is 1.82 bits per heavy atom. The molecule has 3 aliphatic heterocycles. The summed E-state index contributed by atoms with van der Waals surface area (Å²) in [5, 5.41) is 5.36. The van der Waals surface area contributed by atoms with Crippen LogP contribution in [0.4, 0.5) is 27.8 Å². The molecule has 9 aromatic carbocycles. The van der Waals surface area contributed by atoms with Gasteiger partial charge in [0.15, 0.2) is 0 Å². The van der Waals surface area contributed by atoms with Crippen LogP contribution in [-0.2, 0) is 21.7 Å². The molecule has 2 aliphatic carbocycles. The fourth-order valence-electron chi connectivity index (χ4n) is 14.6. The van der Waals surface area contributed by atoms with E-state index in [0.717, 1.165) is 0 Å². The van der Waals surface area contributed by atoms with Crippen molar-refractivity contribution in [2.45, 2.75) is 83.0 Å². The Bertz CT molecular complexity index is 4230. The first-order chi connectivity index (χ1) is 35.8. The van der Waals surface area contributed by atoms with Gasteiger partial charge in [-0.1, -0.05) is 188 Å². The van der Waals surface area contributed by atoms with Crippen LogP contribution in [0.1, 0.15) is 100 Å². The van der Waals surface area contributed by atoms with Crippen LogP contribution in [0.25, 0.3) is 63.6 Å². The van der Waals surface area contributed by atoms with Gasteiger partial charge in [-0.3, -0.25) is 0 Å². The van der Waals surface area contributed by atoms with Gasteiger partial charge in [0.05, 0.1) is 26.5 Å². The van der Waals surface area contributed by atoms with Gasteiger partial charge in [-0.15, -0.1) is 22.7 Å². The topological polar surface area (TPSA) is 6.48 Å². The second-order valence-corrected chi connectivity index (χ2v) is 26.2. The molecule has 0 saturated heterocycles. The Balaban J connectivity index is 1.11. The highest BCUT2D eigenvalue weighted by Gasteiger charge is 2.57. The minimum absolute atomic E-state index is 0.0392. The fraction of sp³-hybridized carbons (Fsp3) is 0.188. The molecule has 356 valence electrons. The van der Waals surface area contributed by atoms with Crippen molar-refractivity contribution in [2.24, 2.45) is 0 Å². The van der Waals surface area contributed by atoms with Crippen LogP contribution in [0, 0.1) is 0 Å². The molecule has 16 rings (SSSR count). The van der Waals surface area contributed by atoms with Gasteiger partial charge in [-0.2, -0.15) is 0 Å². The van der Waals surface area contributed by atoms with E-state index in [1.807, 2.05) is 22.7 Å². The maximum atomic E-state index is 2.84. The van der Waals surface area contributed by atoms with E-state index in [9.17, 15) is 0 Å². The van der Waals surface area contributed by atoms with Crippen LogP contribution in [0.2, 0.25) is 0 Å². The van der Waals surface area contributed by atoms with E-state index in [2.05, 4.69) is 240 Å². The highest BCUT2D eigenvalue weighted by molar-refractivity contribution is 7.28. The number of nitrogens with zero attached hydrogens (tertiary/aromatic N) is 2. The third-order valence-corrected chi connectivity index (χ3v) is 20.6. The van der Waals surface area contributed by atoms with Crippen molar-refractivity contribution >= 4 is 98.5 Å². The predicted molar refractivity (Wildman–Crippen MR) is 319 cm³/mol. The molecule has 5 aliphatic rings. The average molecular weight is 987 g/mol. The monoisotopic (exact) mass is 986 g/mol. The summed E-state index contributed by atoms with van der Waals surface area (Å²) in [5.74, 6) is 0. The highest BCUT2D eigenvalue weighted by atomic mass is 32.1. The lowest BCUT2D eigenvalue weighted by atomic mass is 9.42. The molecule has 74 heavy (non-hydrogen) atoms. The molecule has 0 amide bonds. The number of hydrogen-bond acceptors (Lipinski definition) is 4. The molecule has 5 heteroatoms. The second-order valence-electron chi connectivity index (χ2n) is 24.2. The van der Waals surface area contributed by atoms with Crippen molar-refractivity contribution in [1.82, 2.24) is 0 Å². The van der Waals surface area contributed by atoms with Gasteiger partial charge < -0.3 is 9.71 Å². The number of hydrogen-bond donors (Lipinski definition) is 0. The third kappa shape index (κ3) is 5.42. The van der Waals surface area contributed by atoms with Gasteiger partial charge >= 0.3 is 6.85 Å². The zero-order valence-electron chi connectivity index (χ0n) is 43.0. The van der Waals surface area contributed by atoms with Crippen LogP contribution in [0.3, 0.4) is 0 Å². The van der Waals surface area contributed by atoms with Crippen molar-refractivity contribution in [3.05, 3.63) is 221 Å². The lowest BCUT2D eigenvalue weighted by Gasteiger charge is -2.52. The average Bonchev–Trinajstić information content (AvgIpc) is 4.09.